The largest absolute Gasteiger partial charge is 0.460 e. The molecule has 21 atom stereocenters. The van der Waals surface area contributed by atoms with Gasteiger partial charge in [-0.25, -0.2) is 4.79 Å². The van der Waals surface area contributed by atoms with Gasteiger partial charge in [0.15, 0.2) is 12.6 Å². The first-order valence-electron chi connectivity index (χ1n) is 18.8. The third kappa shape index (κ3) is 9.58. The molecule has 18 nitrogen and oxygen atoms in total. The van der Waals surface area contributed by atoms with Crippen LogP contribution in [0.15, 0.2) is 12.2 Å². The van der Waals surface area contributed by atoms with Crippen molar-refractivity contribution in [2.45, 2.75) is 168 Å². The normalized spacial score (nSPS) is 51.1. The lowest BCUT2D eigenvalue weighted by Gasteiger charge is -2.51. The topological polar surface area (TPSA) is 295 Å². The molecule has 3 aliphatic heterocycles. The van der Waals surface area contributed by atoms with Crippen LogP contribution in [0, 0.1) is 17.8 Å². The monoisotopic (exact) mass is 764 g/mol. The molecule has 18 heteroatoms. The molecule has 304 valence electrons. The van der Waals surface area contributed by atoms with Gasteiger partial charge in [0.2, 0.25) is 0 Å². The molecule has 6 aliphatic rings. The maximum atomic E-state index is 12.7. The number of rotatable bonds is 9. The Labute approximate surface area is 306 Å². The van der Waals surface area contributed by atoms with Crippen molar-refractivity contribution in [1.82, 2.24) is 0 Å². The van der Waals surface area contributed by atoms with Crippen LogP contribution in [0.25, 0.3) is 0 Å². The van der Waals surface area contributed by atoms with Gasteiger partial charge in [0.05, 0.1) is 61.5 Å². The Morgan fingerprint density at radius 3 is 2.08 bits per heavy atom. The van der Waals surface area contributed by atoms with Crippen LogP contribution in [0.2, 0.25) is 0 Å². The molecule has 3 aliphatic carbocycles. The Morgan fingerprint density at radius 1 is 0.642 bits per heavy atom. The Hall–Kier alpha value is -1.43. The van der Waals surface area contributed by atoms with Gasteiger partial charge in [0.25, 0.3) is 0 Å². The first kappa shape index (κ1) is 41.2. The zero-order valence-electron chi connectivity index (χ0n) is 29.3. The number of esters is 1. The van der Waals surface area contributed by atoms with Gasteiger partial charge in [-0.15, -0.1) is 0 Å². The number of carbonyl (C=O) groups excluding carboxylic acids is 1. The minimum absolute atomic E-state index is 0.114. The van der Waals surface area contributed by atoms with E-state index < -0.39 is 135 Å². The fourth-order valence-corrected chi connectivity index (χ4v) is 8.69. The molecule has 0 amide bonds. The second kappa shape index (κ2) is 17.8. The molecule has 6 fully saturated rings. The lowest BCUT2D eigenvalue weighted by molar-refractivity contribution is -0.371. The van der Waals surface area contributed by atoms with Crippen LogP contribution in [0.5, 0.6) is 0 Å². The molecule has 0 radical (unpaired) electrons. The molecule has 6 rings (SSSR count). The van der Waals surface area contributed by atoms with Crippen LogP contribution in [-0.4, -0.2) is 186 Å². The Morgan fingerprint density at radius 2 is 1.36 bits per heavy atom. The van der Waals surface area contributed by atoms with E-state index in [1.54, 1.807) is 6.08 Å². The Balaban J connectivity index is 1.20. The minimum Gasteiger partial charge on any atom is -0.460 e. The number of aliphatic hydroxyl groups is 11. The molecule has 12 unspecified atom stereocenters. The molecule has 3 saturated carbocycles. The van der Waals surface area contributed by atoms with Crippen molar-refractivity contribution in [3.8, 4) is 0 Å². The molecule has 0 aromatic rings. The maximum absolute atomic E-state index is 12.7. The molecular formula is C35H56O18. The number of fused-ring (bicyclic) bond motifs is 1. The Bertz CT molecular complexity index is 1230. The predicted molar refractivity (Wildman–Crippen MR) is 175 cm³/mol. The van der Waals surface area contributed by atoms with Crippen LogP contribution in [-0.2, 0) is 33.2 Å². The van der Waals surface area contributed by atoms with Crippen molar-refractivity contribution in [1.29, 1.82) is 0 Å². The quantitative estimate of drug-likeness (QED) is 0.0789. The summed E-state index contributed by atoms with van der Waals surface area (Å²) in [6.07, 6.45) is -16.8. The number of hydrogen-bond donors (Lipinski definition) is 11. The van der Waals surface area contributed by atoms with Crippen molar-refractivity contribution in [3.63, 3.8) is 0 Å². The van der Waals surface area contributed by atoms with Crippen molar-refractivity contribution in [2.24, 2.45) is 17.8 Å². The van der Waals surface area contributed by atoms with Crippen molar-refractivity contribution in [2.75, 3.05) is 13.2 Å². The standard InChI is InChI=1S/C35H56O18/c36-16-9-20(39)17-11-25(32(50-24(17)10-16)15-3-5-19(38)22(41)8-15)51-35-33(53-34-31(47)28(44)23(42)12-49-34)30(46)29(45)26(52-35)13-48-27(43)6-2-14-1-4-18(37)21(40)7-14/h2,6,14-26,28-42,44-47H,1,3-5,7-13H2/t14?,15?,16?,17?,18?,19?,20?,21?,22?,23-,24?,25?,26+,28+,29+,30-,31-,32?,33+,34+,35+/m0/s1. The van der Waals surface area contributed by atoms with Crippen molar-refractivity contribution >= 4 is 5.97 Å². The van der Waals surface area contributed by atoms with Crippen molar-refractivity contribution < 1.29 is 89.4 Å². The van der Waals surface area contributed by atoms with E-state index in [9.17, 15) is 61.0 Å². The molecule has 0 spiro atoms. The zero-order chi connectivity index (χ0) is 38.1. The summed E-state index contributed by atoms with van der Waals surface area (Å²) < 4.78 is 35.8. The van der Waals surface area contributed by atoms with Crippen LogP contribution in [0.1, 0.15) is 57.8 Å². The van der Waals surface area contributed by atoms with Gasteiger partial charge in [-0.2, -0.15) is 0 Å². The maximum Gasteiger partial charge on any atom is 0.330 e. The smallest absolute Gasteiger partial charge is 0.330 e. The van der Waals surface area contributed by atoms with E-state index >= 15 is 0 Å². The number of allylic oxidation sites excluding steroid dienone is 1. The summed E-state index contributed by atoms with van der Waals surface area (Å²) in [5.74, 6) is -1.78. The first-order chi connectivity index (χ1) is 25.2. The Kier molecular flexibility index (Phi) is 13.8. The molecule has 0 aromatic heterocycles. The number of hydrogen-bond acceptors (Lipinski definition) is 18. The highest BCUT2D eigenvalue weighted by Gasteiger charge is 2.54. The third-order valence-corrected chi connectivity index (χ3v) is 11.9. The number of carbonyl (C=O) groups is 1. The van der Waals surface area contributed by atoms with E-state index in [0.717, 1.165) is 0 Å². The van der Waals surface area contributed by atoms with E-state index in [1.807, 2.05) is 0 Å². The fourth-order valence-electron chi connectivity index (χ4n) is 8.69. The van der Waals surface area contributed by atoms with Crippen LogP contribution in [0.3, 0.4) is 0 Å². The molecule has 3 saturated heterocycles. The highest BCUT2D eigenvalue weighted by molar-refractivity contribution is 5.81. The molecule has 0 aromatic carbocycles. The van der Waals surface area contributed by atoms with Gasteiger partial charge in [-0.05, 0) is 69.6 Å². The number of ether oxygens (including phenoxy) is 6. The highest BCUT2D eigenvalue weighted by atomic mass is 16.8. The third-order valence-electron chi connectivity index (χ3n) is 11.9. The highest BCUT2D eigenvalue weighted by Crippen LogP contribution is 2.44. The second-order valence-electron chi connectivity index (χ2n) is 15.7. The van der Waals surface area contributed by atoms with E-state index in [4.69, 9.17) is 28.4 Å². The summed E-state index contributed by atoms with van der Waals surface area (Å²) >= 11 is 0. The van der Waals surface area contributed by atoms with Gasteiger partial charge in [0.1, 0.15) is 49.3 Å². The van der Waals surface area contributed by atoms with Crippen molar-refractivity contribution in [3.05, 3.63) is 12.2 Å². The van der Waals surface area contributed by atoms with Gasteiger partial charge in [-0.1, -0.05) is 6.08 Å². The zero-order valence-corrected chi connectivity index (χ0v) is 29.3. The molecule has 53 heavy (non-hydrogen) atoms. The summed E-state index contributed by atoms with van der Waals surface area (Å²) in [5.41, 5.74) is 0. The average Bonchev–Trinajstić information content (AvgIpc) is 3.12. The average molecular weight is 765 g/mol. The summed E-state index contributed by atoms with van der Waals surface area (Å²) in [7, 11) is 0. The van der Waals surface area contributed by atoms with Gasteiger partial charge in [-0.3, -0.25) is 0 Å². The fraction of sp³-hybridized carbons (Fsp3) is 0.914. The van der Waals surface area contributed by atoms with Gasteiger partial charge >= 0.3 is 5.97 Å². The first-order valence-corrected chi connectivity index (χ1v) is 18.8. The van der Waals surface area contributed by atoms with E-state index in [2.05, 4.69) is 0 Å². The summed E-state index contributed by atoms with van der Waals surface area (Å²) in [4.78, 5) is 12.7. The molecule has 11 N–H and O–H groups in total. The predicted octanol–water partition coefficient (Wildman–Crippen LogP) is -3.92. The second-order valence-corrected chi connectivity index (χ2v) is 15.7. The van der Waals surface area contributed by atoms with E-state index in [-0.39, 0.29) is 50.4 Å². The van der Waals surface area contributed by atoms with E-state index in [1.165, 1.54) is 6.08 Å². The van der Waals surface area contributed by atoms with Gasteiger partial charge in [0, 0.05) is 12.0 Å². The summed E-state index contributed by atoms with van der Waals surface area (Å²) in [6, 6.07) is 0. The van der Waals surface area contributed by atoms with Crippen LogP contribution < -0.4 is 0 Å². The van der Waals surface area contributed by atoms with Crippen LogP contribution in [0.4, 0.5) is 0 Å². The van der Waals surface area contributed by atoms with E-state index in [0.29, 0.717) is 19.3 Å². The van der Waals surface area contributed by atoms with Gasteiger partial charge < -0.3 is 84.6 Å². The molecular weight excluding hydrogens is 708 g/mol. The number of aliphatic hydroxyl groups excluding tert-OH is 11. The summed E-state index contributed by atoms with van der Waals surface area (Å²) in [6.45, 7) is -0.972. The lowest BCUT2D eigenvalue weighted by atomic mass is 9.72. The summed E-state index contributed by atoms with van der Waals surface area (Å²) in [5, 5.41) is 115. The molecule has 3 heterocycles. The molecule has 0 bridgehead atoms. The van der Waals surface area contributed by atoms with Crippen LogP contribution >= 0.6 is 0 Å². The lowest BCUT2D eigenvalue weighted by Crippen LogP contribution is -2.65. The SMILES string of the molecule is O=C(C=CC1CCC(O)C(O)C1)OC[C@H]1O[C@@H](OC2CC3C(O)CC(O)CC3OC2C2CCC(O)C(O)C2)[C@H](O[C@H]2OC[C@H](O)[C@@H](O)[C@@H]2O)[C@@H](O)[C@@H]1O. The minimum atomic E-state index is -1.80.